The van der Waals surface area contributed by atoms with Gasteiger partial charge in [-0.15, -0.1) is 11.3 Å². The first-order chi connectivity index (χ1) is 8.08. The molecule has 0 fully saturated rings. The second-order valence-electron chi connectivity index (χ2n) is 3.95. The number of anilines is 1. The van der Waals surface area contributed by atoms with Crippen LogP contribution in [0.2, 0.25) is 0 Å². The number of rotatable bonds is 2. The van der Waals surface area contributed by atoms with Gasteiger partial charge in [-0.05, 0) is 38.0 Å². The lowest BCUT2D eigenvalue weighted by Gasteiger charge is -2.08. The van der Waals surface area contributed by atoms with Gasteiger partial charge >= 0.3 is 0 Å². The van der Waals surface area contributed by atoms with Crippen LogP contribution in [-0.2, 0) is 0 Å². The first kappa shape index (κ1) is 11.8. The molecule has 1 aromatic carbocycles. The van der Waals surface area contributed by atoms with E-state index < -0.39 is 0 Å². The monoisotopic (exact) mass is 246 g/mol. The van der Waals surface area contributed by atoms with Crippen LogP contribution in [0.5, 0.6) is 0 Å². The highest BCUT2D eigenvalue weighted by Gasteiger charge is 2.11. The Balaban J connectivity index is 2.21. The molecular weight excluding hydrogens is 232 g/mol. The molecule has 0 bridgehead atoms. The zero-order chi connectivity index (χ0) is 12.4. The number of hydrogen-bond donors (Lipinski definition) is 1. The molecule has 1 amide bonds. The average molecular weight is 246 g/mol. The molecule has 1 aromatic heterocycles. The van der Waals surface area contributed by atoms with E-state index in [2.05, 4.69) is 10.3 Å². The third kappa shape index (κ3) is 2.53. The van der Waals surface area contributed by atoms with Gasteiger partial charge in [0.2, 0.25) is 0 Å². The number of nitrogens with zero attached hydrogens (tertiary/aromatic N) is 1. The Morgan fingerprint density at radius 3 is 2.71 bits per heavy atom. The number of benzene rings is 1. The molecule has 1 heterocycles. The summed E-state index contributed by atoms with van der Waals surface area (Å²) in [6.07, 6.45) is 0. The van der Waals surface area contributed by atoms with Crippen molar-refractivity contribution >= 4 is 22.9 Å². The number of aryl methyl sites for hydroxylation is 2. The lowest BCUT2D eigenvalue weighted by Crippen LogP contribution is -2.13. The zero-order valence-corrected chi connectivity index (χ0v) is 10.9. The lowest BCUT2D eigenvalue weighted by atomic mass is 10.1. The number of carbonyl (C=O) groups is 1. The molecule has 0 aliphatic rings. The van der Waals surface area contributed by atoms with E-state index in [-0.39, 0.29) is 5.91 Å². The van der Waals surface area contributed by atoms with E-state index in [0.29, 0.717) is 5.69 Å². The van der Waals surface area contributed by atoms with E-state index in [0.717, 1.165) is 21.8 Å². The molecule has 1 N–H and O–H groups in total. The highest BCUT2D eigenvalue weighted by molar-refractivity contribution is 7.09. The first-order valence-corrected chi connectivity index (χ1v) is 6.25. The Kier molecular flexibility index (Phi) is 3.24. The van der Waals surface area contributed by atoms with Gasteiger partial charge in [0.25, 0.3) is 5.91 Å². The smallest absolute Gasteiger partial charge is 0.275 e. The van der Waals surface area contributed by atoms with Crippen molar-refractivity contribution in [3.63, 3.8) is 0 Å². The molecule has 0 radical (unpaired) electrons. The summed E-state index contributed by atoms with van der Waals surface area (Å²) in [4.78, 5) is 16.1. The predicted molar refractivity (Wildman–Crippen MR) is 70.7 cm³/mol. The molecule has 0 unspecified atom stereocenters. The summed E-state index contributed by atoms with van der Waals surface area (Å²) in [5, 5.41) is 5.56. The molecule has 0 aliphatic carbocycles. The largest absolute Gasteiger partial charge is 0.320 e. The van der Waals surface area contributed by atoms with E-state index in [9.17, 15) is 4.79 Å². The van der Waals surface area contributed by atoms with E-state index in [1.807, 2.05) is 39.0 Å². The average Bonchev–Trinajstić information content (AvgIpc) is 2.72. The van der Waals surface area contributed by atoms with Crippen LogP contribution >= 0.6 is 11.3 Å². The van der Waals surface area contributed by atoms with E-state index in [1.54, 1.807) is 5.38 Å². The Morgan fingerprint density at radius 1 is 1.29 bits per heavy atom. The summed E-state index contributed by atoms with van der Waals surface area (Å²) in [5.41, 5.74) is 3.58. The van der Waals surface area contributed by atoms with Gasteiger partial charge in [-0.3, -0.25) is 4.79 Å². The molecule has 17 heavy (non-hydrogen) atoms. The highest BCUT2D eigenvalue weighted by Crippen LogP contribution is 2.19. The summed E-state index contributed by atoms with van der Waals surface area (Å²) in [6.45, 7) is 5.91. The van der Waals surface area contributed by atoms with Gasteiger partial charge in [0.05, 0.1) is 5.01 Å². The molecule has 88 valence electrons. The fourth-order valence-electron chi connectivity index (χ4n) is 1.54. The molecule has 0 spiro atoms. The van der Waals surface area contributed by atoms with Crippen molar-refractivity contribution in [2.45, 2.75) is 20.8 Å². The first-order valence-electron chi connectivity index (χ1n) is 5.37. The molecule has 3 nitrogen and oxygen atoms in total. The lowest BCUT2D eigenvalue weighted by molar-refractivity contribution is 0.102. The summed E-state index contributed by atoms with van der Waals surface area (Å²) < 4.78 is 0. The Bertz CT molecular complexity index is 560. The van der Waals surface area contributed by atoms with Crippen LogP contribution in [0, 0.1) is 20.8 Å². The summed E-state index contributed by atoms with van der Waals surface area (Å²) in [7, 11) is 0. The zero-order valence-electron chi connectivity index (χ0n) is 10.1. The van der Waals surface area contributed by atoms with Crippen molar-refractivity contribution in [2.75, 3.05) is 5.32 Å². The minimum Gasteiger partial charge on any atom is -0.320 e. The van der Waals surface area contributed by atoms with Crippen LogP contribution in [-0.4, -0.2) is 10.9 Å². The minimum absolute atomic E-state index is 0.150. The van der Waals surface area contributed by atoms with E-state index in [4.69, 9.17) is 0 Å². The molecule has 2 rings (SSSR count). The third-order valence-electron chi connectivity index (χ3n) is 2.70. The quantitative estimate of drug-likeness (QED) is 0.883. The number of aromatic nitrogens is 1. The summed E-state index contributed by atoms with van der Waals surface area (Å²) in [5.74, 6) is -0.150. The van der Waals surface area contributed by atoms with Gasteiger partial charge in [0.1, 0.15) is 5.69 Å². The Morgan fingerprint density at radius 2 is 2.06 bits per heavy atom. The standard InChI is InChI=1S/C13H14N2OS/c1-8-5-4-6-11(9(8)2)15-13(16)12-7-17-10(3)14-12/h4-7H,1-3H3,(H,15,16). The van der Waals surface area contributed by atoms with Crippen LogP contribution in [0.25, 0.3) is 0 Å². The number of nitrogens with one attached hydrogen (secondary N) is 1. The summed E-state index contributed by atoms with van der Waals surface area (Å²) in [6, 6.07) is 5.86. The van der Waals surface area contributed by atoms with Crippen molar-refractivity contribution in [3.8, 4) is 0 Å². The van der Waals surface area contributed by atoms with Crippen LogP contribution in [0.4, 0.5) is 5.69 Å². The maximum absolute atomic E-state index is 11.9. The molecule has 4 heteroatoms. The maximum atomic E-state index is 11.9. The molecule has 2 aromatic rings. The second kappa shape index (κ2) is 4.67. The van der Waals surface area contributed by atoms with Crippen molar-refractivity contribution in [1.82, 2.24) is 4.98 Å². The molecule has 0 aliphatic heterocycles. The SMILES string of the molecule is Cc1nc(C(=O)Nc2cccc(C)c2C)cs1. The fraction of sp³-hybridized carbons (Fsp3) is 0.231. The van der Waals surface area contributed by atoms with Gasteiger partial charge in [0, 0.05) is 11.1 Å². The van der Waals surface area contributed by atoms with Gasteiger partial charge < -0.3 is 5.32 Å². The number of carbonyl (C=O) groups excluding carboxylic acids is 1. The number of amides is 1. The minimum atomic E-state index is -0.150. The van der Waals surface area contributed by atoms with Crippen molar-refractivity contribution in [3.05, 3.63) is 45.4 Å². The van der Waals surface area contributed by atoms with Gasteiger partial charge in [0.15, 0.2) is 0 Å². The van der Waals surface area contributed by atoms with Gasteiger partial charge in [-0.2, -0.15) is 0 Å². The molecular formula is C13H14N2OS. The van der Waals surface area contributed by atoms with Crippen LogP contribution in [0.1, 0.15) is 26.6 Å². The van der Waals surface area contributed by atoms with Crippen LogP contribution in [0.3, 0.4) is 0 Å². The molecule has 0 saturated heterocycles. The van der Waals surface area contributed by atoms with Crippen molar-refractivity contribution in [2.24, 2.45) is 0 Å². The highest BCUT2D eigenvalue weighted by atomic mass is 32.1. The van der Waals surface area contributed by atoms with E-state index in [1.165, 1.54) is 11.3 Å². The third-order valence-corrected chi connectivity index (χ3v) is 3.48. The Hall–Kier alpha value is -1.68. The normalized spacial score (nSPS) is 10.3. The van der Waals surface area contributed by atoms with Gasteiger partial charge in [-0.25, -0.2) is 4.98 Å². The van der Waals surface area contributed by atoms with Crippen LogP contribution < -0.4 is 5.32 Å². The fourth-order valence-corrected chi connectivity index (χ4v) is 2.13. The van der Waals surface area contributed by atoms with Crippen molar-refractivity contribution < 1.29 is 4.79 Å². The maximum Gasteiger partial charge on any atom is 0.275 e. The van der Waals surface area contributed by atoms with Crippen molar-refractivity contribution in [1.29, 1.82) is 0 Å². The topological polar surface area (TPSA) is 42.0 Å². The number of hydrogen-bond acceptors (Lipinski definition) is 3. The Labute approximate surface area is 105 Å². The second-order valence-corrected chi connectivity index (χ2v) is 5.02. The summed E-state index contributed by atoms with van der Waals surface area (Å²) >= 11 is 1.48. The molecule has 0 saturated carbocycles. The van der Waals surface area contributed by atoms with Gasteiger partial charge in [-0.1, -0.05) is 12.1 Å². The number of thiazole rings is 1. The predicted octanol–water partition coefficient (Wildman–Crippen LogP) is 3.32. The molecule has 0 atom stereocenters. The van der Waals surface area contributed by atoms with Crippen LogP contribution in [0.15, 0.2) is 23.6 Å². The van der Waals surface area contributed by atoms with E-state index >= 15 is 0 Å².